The van der Waals surface area contributed by atoms with Crippen LogP contribution in [0, 0.1) is 0 Å². The predicted octanol–water partition coefficient (Wildman–Crippen LogP) is 3.12. The van der Waals surface area contributed by atoms with Gasteiger partial charge in [0.15, 0.2) is 15.7 Å². The van der Waals surface area contributed by atoms with Crippen molar-refractivity contribution in [3.05, 3.63) is 36.1 Å². The van der Waals surface area contributed by atoms with E-state index in [0.717, 1.165) is 0 Å². The summed E-state index contributed by atoms with van der Waals surface area (Å²) < 4.78 is 29.4. The molecule has 0 aliphatic rings. The number of sulfone groups is 1. The highest BCUT2D eigenvalue weighted by Gasteiger charge is 2.43. The minimum Gasteiger partial charge on any atom is -0.359 e. The number of nitrogens with zero attached hydrogens (tertiary/aromatic N) is 1. The fraction of sp³-hybridized carbons (Fsp3) is 0.421. The van der Waals surface area contributed by atoms with Crippen molar-refractivity contribution in [2.45, 2.75) is 56.6 Å². The molecule has 1 aromatic heterocycles. The molecule has 0 unspecified atom stereocenters. The Labute approximate surface area is 164 Å². The molecule has 0 fully saturated rings. The first-order valence-electron chi connectivity index (χ1n) is 8.66. The number of rotatable bonds is 5. The second-order valence-corrected chi connectivity index (χ2v) is 10.5. The molecule has 1 aromatic carbocycles. The van der Waals surface area contributed by atoms with E-state index in [1.165, 1.54) is 45.0 Å². The van der Waals surface area contributed by atoms with Crippen LogP contribution in [0.15, 0.2) is 39.8 Å². The van der Waals surface area contributed by atoms with Gasteiger partial charge in [0.05, 0.1) is 4.90 Å². The van der Waals surface area contributed by atoms with Crippen LogP contribution in [0.3, 0.4) is 0 Å². The van der Waals surface area contributed by atoms with Crippen molar-refractivity contribution in [1.82, 2.24) is 5.16 Å². The number of amides is 2. The lowest BCUT2D eigenvalue weighted by molar-refractivity contribution is -0.118. The zero-order valence-corrected chi connectivity index (χ0v) is 17.6. The van der Waals surface area contributed by atoms with Gasteiger partial charge in [0.1, 0.15) is 10.5 Å². The summed E-state index contributed by atoms with van der Waals surface area (Å²) in [4.78, 5) is 23.8. The third-order valence-electron chi connectivity index (χ3n) is 4.19. The number of anilines is 2. The maximum Gasteiger partial charge on any atom is 0.246 e. The van der Waals surface area contributed by atoms with Gasteiger partial charge in [-0.1, -0.05) is 25.9 Å². The fourth-order valence-electron chi connectivity index (χ4n) is 2.29. The molecule has 0 aliphatic heterocycles. The van der Waals surface area contributed by atoms with Crippen LogP contribution in [0.25, 0.3) is 0 Å². The van der Waals surface area contributed by atoms with E-state index >= 15 is 0 Å². The smallest absolute Gasteiger partial charge is 0.246 e. The van der Waals surface area contributed by atoms with Crippen LogP contribution >= 0.6 is 0 Å². The molecule has 0 aliphatic carbocycles. The molecular weight excluding hydrogens is 382 g/mol. The summed E-state index contributed by atoms with van der Waals surface area (Å²) in [6.07, 6.45) is 0. The SMILES string of the molecule is CC(=O)Nc1ccc(S(=O)(=O)C(C)(C)C(=O)Nc2cc(C(C)(C)C)on2)cc1. The molecule has 8 nitrogen and oxygen atoms in total. The molecule has 0 atom stereocenters. The Bertz CT molecular complexity index is 983. The number of hydrogen-bond acceptors (Lipinski definition) is 6. The molecule has 9 heteroatoms. The first-order chi connectivity index (χ1) is 12.7. The summed E-state index contributed by atoms with van der Waals surface area (Å²) in [7, 11) is -4.01. The molecule has 0 radical (unpaired) electrons. The van der Waals surface area contributed by atoms with E-state index < -0.39 is 20.5 Å². The first-order valence-corrected chi connectivity index (χ1v) is 10.1. The van der Waals surface area contributed by atoms with Crippen LogP contribution < -0.4 is 10.6 Å². The van der Waals surface area contributed by atoms with E-state index in [4.69, 9.17) is 4.52 Å². The van der Waals surface area contributed by atoms with Crippen LogP contribution in [0.4, 0.5) is 11.5 Å². The summed E-state index contributed by atoms with van der Waals surface area (Å²) in [6.45, 7) is 9.79. The van der Waals surface area contributed by atoms with Crippen molar-refractivity contribution >= 4 is 33.2 Å². The number of carbonyl (C=O) groups excluding carboxylic acids is 2. The number of nitrogens with one attached hydrogen (secondary N) is 2. The minimum atomic E-state index is -4.01. The molecule has 0 bridgehead atoms. The van der Waals surface area contributed by atoms with Crippen LogP contribution in [-0.2, 0) is 24.8 Å². The van der Waals surface area contributed by atoms with Gasteiger partial charge in [0.2, 0.25) is 11.8 Å². The second kappa shape index (κ2) is 7.38. The highest BCUT2D eigenvalue weighted by Crippen LogP contribution is 2.29. The highest BCUT2D eigenvalue weighted by atomic mass is 32.2. The zero-order chi connectivity index (χ0) is 21.3. The Morgan fingerprint density at radius 3 is 2.04 bits per heavy atom. The van der Waals surface area contributed by atoms with Crippen LogP contribution in [-0.4, -0.2) is 30.1 Å². The van der Waals surface area contributed by atoms with E-state index in [1.54, 1.807) is 6.07 Å². The van der Waals surface area contributed by atoms with Crippen molar-refractivity contribution < 1.29 is 22.5 Å². The normalized spacial score (nSPS) is 12.5. The first kappa shape index (κ1) is 21.6. The third kappa shape index (κ3) is 4.41. The fourth-order valence-corrected chi connectivity index (χ4v) is 3.67. The molecular formula is C19H25N3O5S. The van der Waals surface area contributed by atoms with E-state index in [0.29, 0.717) is 11.4 Å². The quantitative estimate of drug-likeness (QED) is 0.786. The lowest BCUT2D eigenvalue weighted by Crippen LogP contribution is -2.44. The molecule has 0 spiro atoms. The van der Waals surface area contributed by atoms with Gasteiger partial charge in [-0.2, -0.15) is 0 Å². The Hall–Kier alpha value is -2.68. The van der Waals surface area contributed by atoms with Gasteiger partial charge >= 0.3 is 0 Å². The number of carbonyl (C=O) groups is 2. The van der Waals surface area contributed by atoms with Gasteiger partial charge < -0.3 is 15.2 Å². The molecule has 2 N–H and O–H groups in total. The molecule has 2 rings (SSSR count). The lowest BCUT2D eigenvalue weighted by atomic mass is 9.93. The van der Waals surface area contributed by atoms with Gasteiger partial charge in [-0.25, -0.2) is 8.42 Å². The number of hydrogen-bond donors (Lipinski definition) is 2. The summed E-state index contributed by atoms with van der Waals surface area (Å²) >= 11 is 0. The minimum absolute atomic E-state index is 0.0303. The number of aromatic nitrogens is 1. The summed E-state index contributed by atoms with van der Waals surface area (Å²) in [5.74, 6) is -0.277. The Kier molecular flexibility index (Phi) is 5.70. The van der Waals surface area contributed by atoms with Gasteiger partial charge in [-0.15, -0.1) is 0 Å². The molecule has 0 saturated carbocycles. The summed E-state index contributed by atoms with van der Waals surface area (Å²) in [5.41, 5.74) is 0.166. The van der Waals surface area contributed by atoms with Crippen LogP contribution in [0.5, 0.6) is 0 Å². The van der Waals surface area contributed by atoms with E-state index in [2.05, 4.69) is 15.8 Å². The van der Waals surface area contributed by atoms with Gasteiger partial charge in [0.25, 0.3) is 0 Å². The number of benzene rings is 1. The molecule has 2 amide bonds. The lowest BCUT2D eigenvalue weighted by Gasteiger charge is -2.23. The van der Waals surface area contributed by atoms with E-state index in [9.17, 15) is 18.0 Å². The monoisotopic (exact) mass is 407 g/mol. The van der Waals surface area contributed by atoms with Gasteiger partial charge in [0, 0.05) is 24.1 Å². The standard InChI is InChI=1S/C19H25N3O5S/c1-12(23)20-13-7-9-14(10-8-13)28(25,26)19(5,6)17(24)21-16-11-15(27-22-16)18(2,3)4/h7-11H,1-6H3,(H,20,23)(H,21,22,24). The van der Waals surface area contributed by atoms with Gasteiger partial charge in [-0.05, 0) is 38.1 Å². The Morgan fingerprint density at radius 1 is 1.00 bits per heavy atom. The van der Waals surface area contributed by atoms with Crippen molar-refractivity contribution in [2.24, 2.45) is 0 Å². The molecule has 2 aromatic rings. The third-order valence-corrected chi connectivity index (χ3v) is 6.62. The Morgan fingerprint density at radius 2 is 1.57 bits per heavy atom. The van der Waals surface area contributed by atoms with E-state index in [-0.39, 0.29) is 22.0 Å². The highest BCUT2D eigenvalue weighted by molar-refractivity contribution is 7.93. The maximum atomic E-state index is 13.0. The van der Waals surface area contributed by atoms with Crippen molar-refractivity contribution in [3.8, 4) is 0 Å². The summed E-state index contributed by atoms with van der Waals surface area (Å²) in [5, 5.41) is 8.86. The van der Waals surface area contributed by atoms with E-state index in [1.807, 2.05) is 20.8 Å². The topological polar surface area (TPSA) is 118 Å². The average molecular weight is 407 g/mol. The molecule has 1 heterocycles. The zero-order valence-electron chi connectivity index (χ0n) is 16.8. The second-order valence-electron chi connectivity index (χ2n) is 8.00. The molecule has 152 valence electrons. The van der Waals surface area contributed by atoms with Crippen molar-refractivity contribution in [3.63, 3.8) is 0 Å². The van der Waals surface area contributed by atoms with Gasteiger partial charge in [-0.3, -0.25) is 9.59 Å². The molecule has 0 saturated heterocycles. The maximum absolute atomic E-state index is 13.0. The average Bonchev–Trinajstić information content (AvgIpc) is 3.03. The van der Waals surface area contributed by atoms with Crippen LogP contribution in [0.1, 0.15) is 47.3 Å². The largest absolute Gasteiger partial charge is 0.359 e. The van der Waals surface area contributed by atoms with Crippen LogP contribution in [0.2, 0.25) is 0 Å². The van der Waals surface area contributed by atoms with Crippen molar-refractivity contribution in [2.75, 3.05) is 10.6 Å². The molecule has 28 heavy (non-hydrogen) atoms. The summed E-state index contributed by atoms with van der Waals surface area (Å²) in [6, 6.07) is 7.21. The Balaban J connectivity index is 2.24. The predicted molar refractivity (Wildman–Crippen MR) is 106 cm³/mol. The van der Waals surface area contributed by atoms with Crippen molar-refractivity contribution in [1.29, 1.82) is 0 Å².